The standard InChI is InChI=1S/C20H20N4O3/c1-13-14(6-4-7-15(13)22-20(26)16-8-5-11-27-16)19(25)23-18-12-21-17-9-2-3-10-24(17)18/h4-8,11-12H,2-3,9-10H2,1H3,(H,22,26)(H,23,25). The minimum Gasteiger partial charge on any atom is -0.459 e. The summed E-state index contributed by atoms with van der Waals surface area (Å²) in [5, 5.41) is 5.73. The van der Waals surface area contributed by atoms with Gasteiger partial charge in [-0.3, -0.25) is 9.59 Å². The monoisotopic (exact) mass is 364 g/mol. The summed E-state index contributed by atoms with van der Waals surface area (Å²) in [6.45, 7) is 2.67. The molecule has 7 nitrogen and oxygen atoms in total. The Morgan fingerprint density at radius 1 is 1.11 bits per heavy atom. The molecule has 3 aromatic rings. The fraction of sp³-hybridized carbons (Fsp3) is 0.250. The van der Waals surface area contributed by atoms with Crippen molar-refractivity contribution in [3.8, 4) is 0 Å². The third-order valence-corrected chi connectivity index (χ3v) is 4.78. The molecular formula is C20H20N4O3. The van der Waals surface area contributed by atoms with E-state index in [4.69, 9.17) is 4.42 Å². The minimum atomic E-state index is -0.356. The van der Waals surface area contributed by atoms with Crippen LogP contribution in [0.2, 0.25) is 0 Å². The van der Waals surface area contributed by atoms with Crippen molar-refractivity contribution in [2.45, 2.75) is 32.7 Å². The van der Waals surface area contributed by atoms with Gasteiger partial charge in [-0.05, 0) is 49.6 Å². The Bertz CT molecular complexity index is 989. The van der Waals surface area contributed by atoms with Gasteiger partial charge in [0.1, 0.15) is 11.6 Å². The summed E-state index contributed by atoms with van der Waals surface area (Å²) in [5.41, 5.74) is 1.76. The highest BCUT2D eigenvalue weighted by Crippen LogP contribution is 2.23. The zero-order valence-corrected chi connectivity index (χ0v) is 15.0. The van der Waals surface area contributed by atoms with E-state index in [0.29, 0.717) is 22.6 Å². The largest absolute Gasteiger partial charge is 0.459 e. The lowest BCUT2D eigenvalue weighted by atomic mass is 10.1. The van der Waals surface area contributed by atoms with E-state index >= 15 is 0 Å². The molecule has 0 atom stereocenters. The molecule has 1 aromatic carbocycles. The Balaban J connectivity index is 1.54. The first-order valence-electron chi connectivity index (χ1n) is 8.93. The van der Waals surface area contributed by atoms with E-state index in [1.165, 1.54) is 6.26 Å². The molecule has 0 fully saturated rings. The van der Waals surface area contributed by atoms with E-state index in [1.54, 1.807) is 43.5 Å². The number of benzene rings is 1. The summed E-state index contributed by atoms with van der Waals surface area (Å²) in [6.07, 6.45) is 6.29. The van der Waals surface area contributed by atoms with E-state index in [1.807, 2.05) is 0 Å². The van der Waals surface area contributed by atoms with E-state index in [-0.39, 0.29) is 17.6 Å². The number of aryl methyl sites for hydroxylation is 1. The molecule has 1 aliphatic rings. The molecule has 2 aromatic heterocycles. The Kier molecular flexibility index (Phi) is 4.50. The van der Waals surface area contributed by atoms with Crippen molar-refractivity contribution in [1.82, 2.24) is 9.55 Å². The zero-order valence-electron chi connectivity index (χ0n) is 15.0. The van der Waals surface area contributed by atoms with Gasteiger partial charge in [-0.1, -0.05) is 6.07 Å². The van der Waals surface area contributed by atoms with Crippen LogP contribution in [0.3, 0.4) is 0 Å². The number of nitrogens with zero attached hydrogens (tertiary/aromatic N) is 2. The third kappa shape index (κ3) is 3.36. The first-order chi connectivity index (χ1) is 13.1. The van der Waals surface area contributed by atoms with E-state index in [2.05, 4.69) is 20.2 Å². The average molecular weight is 364 g/mol. The lowest BCUT2D eigenvalue weighted by Crippen LogP contribution is -2.20. The van der Waals surface area contributed by atoms with Crippen LogP contribution in [0.15, 0.2) is 47.2 Å². The van der Waals surface area contributed by atoms with Crippen LogP contribution >= 0.6 is 0 Å². The summed E-state index contributed by atoms with van der Waals surface area (Å²) < 4.78 is 7.16. The second kappa shape index (κ2) is 7.11. The van der Waals surface area contributed by atoms with Gasteiger partial charge in [0.05, 0.1) is 12.5 Å². The quantitative estimate of drug-likeness (QED) is 0.740. The summed E-state index contributed by atoms with van der Waals surface area (Å²) in [4.78, 5) is 29.4. The number of hydrogen-bond donors (Lipinski definition) is 2. The molecule has 0 unspecified atom stereocenters. The van der Waals surface area contributed by atoms with Crippen molar-refractivity contribution in [3.05, 3.63) is 65.5 Å². The van der Waals surface area contributed by atoms with E-state index in [9.17, 15) is 9.59 Å². The number of amides is 2. The maximum Gasteiger partial charge on any atom is 0.291 e. The highest BCUT2D eigenvalue weighted by Gasteiger charge is 2.19. The fourth-order valence-corrected chi connectivity index (χ4v) is 3.31. The van der Waals surface area contributed by atoms with Gasteiger partial charge in [0.15, 0.2) is 5.76 Å². The van der Waals surface area contributed by atoms with Crippen molar-refractivity contribution in [3.63, 3.8) is 0 Å². The average Bonchev–Trinajstić information content (AvgIpc) is 3.34. The van der Waals surface area contributed by atoms with Crippen molar-refractivity contribution >= 4 is 23.3 Å². The van der Waals surface area contributed by atoms with Crippen LogP contribution in [0.1, 0.15) is 45.1 Å². The van der Waals surface area contributed by atoms with Crippen LogP contribution in [0, 0.1) is 6.92 Å². The van der Waals surface area contributed by atoms with Crippen LogP contribution in [0.4, 0.5) is 11.5 Å². The van der Waals surface area contributed by atoms with Crippen molar-refractivity contribution in [2.24, 2.45) is 0 Å². The van der Waals surface area contributed by atoms with Crippen molar-refractivity contribution in [1.29, 1.82) is 0 Å². The summed E-state index contributed by atoms with van der Waals surface area (Å²) >= 11 is 0. The molecule has 4 rings (SSSR count). The molecule has 0 saturated carbocycles. The lowest BCUT2D eigenvalue weighted by Gasteiger charge is -2.17. The second-order valence-corrected chi connectivity index (χ2v) is 6.53. The van der Waals surface area contributed by atoms with Gasteiger partial charge in [0, 0.05) is 24.2 Å². The number of fused-ring (bicyclic) bond motifs is 1. The van der Waals surface area contributed by atoms with Crippen LogP contribution in [-0.2, 0) is 13.0 Å². The van der Waals surface area contributed by atoms with Crippen molar-refractivity contribution in [2.75, 3.05) is 10.6 Å². The molecule has 27 heavy (non-hydrogen) atoms. The van der Waals surface area contributed by atoms with Crippen LogP contribution < -0.4 is 10.6 Å². The molecular weight excluding hydrogens is 344 g/mol. The van der Waals surface area contributed by atoms with Gasteiger partial charge in [-0.25, -0.2) is 4.98 Å². The van der Waals surface area contributed by atoms with Gasteiger partial charge in [-0.15, -0.1) is 0 Å². The number of imidazole rings is 1. The second-order valence-electron chi connectivity index (χ2n) is 6.53. The Morgan fingerprint density at radius 3 is 2.81 bits per heavy atom. The molecule has 7 heteroatoms. The maximum atomic E-state index is 12.8. The van der Waals surface area contributed by atoms with E-state index < -0.39 is 0 Å². The molecule has 1 aliphatic heterocycles. The first kappa shape index (κ1) is 17.1. The van der Waals surface area contributed by atoms with Crippen LogP contribution in [0.25, 0.3) is 0 Å². The highest BCUT2D eigenvalue weighted by atomic mass is 16.3. The normalized spacial score (nSPS) is 13.1. The molecule has 0 bridgehead atoms. The van der Waals surface area contributed by atoms with Crippen molar-refractivity contribution < 1.29 is 14.0 Å². The van der Waals surface area contributed by atoms with Gasteiger partial charge >= 0.3 is 0 Å². The number of anilines is 2. The molecule has 0 aliphatic carbocycles. The first-order valence-corrected chi connectivity index (χ1v) is 8.93. The zero-order chi connectivity index (χ0) is 18.8. The molecule has 138 valence electrons. The van der Waals surface area contributed by atoms with Gasteiger partial charge < -0.3 is 19.6 Å². The fourth-order valence-electron chi connectivity index (χ4n) is 3.31. The molecule has 0 radical (unpaired) electrons. The number of carbonyl (C=O) groups is 2. The van der Waals surface area contributed by atoms with Gasteiger partial charge in [0.2, 0.25) is 0 Å². The minimum absolute atomic E-state index is 0.218. The number of hydrogen-bond acceptors (Lipinski definition) is 4. The molecule has 2 N–H and O–H groups in total. The smallest absolute Gasteiger partial charge is 0.291 e. The SMILES string of the molecule is Cc1c(NC(=O)c2ccco2)cccc1C(=O)Nc1cnc2n1CCCC2. The summed E-state index contributed by atoms with van der Waals surface area (Å²) in [5.74, 6) is 1.35. The number of rotatable bonds is 4. The van der Waals surface area contributed by atoms with E-state index in [0.717, 1.165) is 31.6 Å². The maximum absolute atomic E-state index is 12.8. The molecule has 2 amide bonds. The Labute approximate surface area is 156 Å². The number of aromatic nitrogens is 2. The predicted octanol–water partition coefficient (Wildman–Crippen LogP) is 3.63. The van der Waals surface area contributed by atoms with Crippen LogP contribution in [-0.4, -0.2) is 21.4 Å². The predicted molar refractivity (Wildman–Crippen MR) is 101 cm³/mol. The molecule has 0 saturated heterocycles. The third-order valence-electron chi connectivity index (χ3n) is 4.78. The lowest BCUT2D eigenvalue weighted by molar-refractivity contribution is 0.0993. The van der Waals surface area contributed by atoms with Crippen LogP contribution in [0.5, 0.6) is 0 Å². The number of carbonyl (C=O) groups excluding carboxylic acids is 2. The number of furan rings is 1. The molecule has 0 spiro atoms. The number of nitrogens with one attached hydrogen (secondary N) is 2. The van der Waals surface area contributed by atoms with Gasteiger partial charge in [-0.2, -0.15) is 0 Å². The summed E-state index contributed by atoms with van der Waals surface area (Å²) in [7, 11) is 0. The Morgan fingerprint density at radius 2 is 2.00 bits per heavy atom. The summed E-state index contributed by atoms with van der Waals surface area (Å²) in [6, 6.07) is 8.47. The topological polar surface area (TPSA) is 89.2 Å². The molecule has 3 heterocycles. The highest BCUT2D eigenvalue weighted by molar-refractivity contribution is 6.07. The Hall–Kier alpha value is -3.35. The van der Waals surface area contributed by atoms with Gasteiger partial charge in [0.25, 0.3) is 11.8 Å².